The highest BCUT2D eigenvalue weighted by molar-refractivity contribution is 6.33. The van der Waals surface area contributed by atoms with E-state index in [0.717, 1.165) is 37.1 Å². The van der Waals surface area contributed by atoms with E-state index in [9.17, 15) is 4.79 Å². The molecule has 3 rings (SSSR count). The molecule has 8 heteroatoms. The van der Waals surface area contributed by atoms with E-state index >= 15 is 0 Å². The highest BCUT2D eigenvalue weighted by atomic mass is 35.5. The summed E-state index contributed by atoms with van der Waals surface area (Å²) in [5.41, 5.74) is 1.75. The highest BCUT2D eigenvalue weighted by Crippen LogP contribution is 2.26. The maximum absolute atomic E-state index is 12.6. The van der Waals surface area contributed by atoms with Crippen molar-refractivity contribution in [2.75, 3.05) is 36.3 Å². The van der Waals surface area contributed by atoms with Gasteiger partial charge in [0.25, 0.3) is 0 Å². The summed E-state index contributed by atoms with van der Waals surface area (Å²) in [6.45, 7) is 2.01. The Morgan fingerprint density at radius 1 is 1.10 bits per heavy atom. The number of benzene rings is 1. The van der Waals surface area contributed by atoms with Crippen molar-refractivity contribution in [3.8, 4) is 0 Å². The highest BCUT2D eigenvalue weighted by Gasteiger charge is 2.24. The second-order valence-electron chi connectivity index (χ2n) is 7.75. The number of urea groups is 1. The quantitative estimate of drug-likeness (QED) is 0.768. The molecule has 1 aromatic heterocycles. The molecule has 0 atom stereocenters. The Hall–Kier alpha value is -2.54. The third-order valence-corrected chi connectivity index (χ3v) is 5.59. The summed E-state index contributed by atoms with van der Waals surface area (Å²) in [5, 5.41) is 7.13. The number of anilines is 3. The molecule has 29 heavy (non-hydrogen) atoms. The van der Waals surface area contributed by atoms with Gasteiger partial charge in [-0.05, 0) is 44.7 Å². The molecule has 156 valence electrons. The van der Waals surface area contributed by atoms with Crippen molar-refractivity contribution in [1.82, 2.24) is 15.3 Å². The molecule has 1 aromatic carbocycles. The summed E-state index contributed by atoms with van der Waals surface area (Å²) in [6, 6.07) is 7.68. The van der Waals surface area contributed by atoms with Crippen LogP contribution in [0.5, 0.6) is 0 Å². The van der Waals surface area contributed by atoms with Crippen molar-refractivity contribution < 1.29 is 4.79 Å². The number of nitrogens with zero attached hydrogens (tertiary/aromatic N) is 4. The average molecular weight is 417 g/mol. The van der Waals surface area contributed by atoms with Crippen molar-refractivity contribution in [1.29, 1.82) is 0 Å². The standard InChI is InChI=1S/C21H29ClN6O/c1-14-13-23-20(26-19(14)27(2)3)24-15-9-11-16(12-10-15)25-21(29)28(4)18-8-6-5-7-17(18)22/h5-8,13,15-16H,9-12H2,1-4H3,(H,25,29)(H,23,24,26). The van der Waals surface area contributed by atoms with Gasteiger partial charge in [0.15, 0.2) is 0 Å². The predicted octanol–water partition coefficient (Wildman–Crippen LogP) is 4.07. The minimum Gasteiger partial charge on any atom is -0.362 e. The lowest BCUT2D eigenvalue weighted by atomic mass is 9.91. The van der Waals surface area contributed by atoms with Crippen LogP contribution in [0.4, 0.5) is 22.2 Å². The number of rotatable bonds is 5. The Kier molecular flexibility index (Phi) is 6.79. The van der Waals surface area contributed by atoms with Gasteiger partial charge in [-0.15, -0.1) is 0 Å². The fraction of sp³-hybridized carbons (Fsp3) is 0.476. The first kappa shape index (κ1) is 21.2. The van der Waals surface area contributed by atoms with E-state index in [1.54, 1.807) is 18.0 Å². The molecule has 0 radical (unpaired) electrons. The van der Waals surface area contributed by atoms with E-state index in [2.05, 4.69) is 20.6 Å². The number of aromatic nitrogens is 2. The van der Waals surface area contributed by atoms with Gasteiger partial charge < -0.3 is 15.5 Å². The predicted molar refractivity (Wildman–Crippen MR) is 119 cm³/mol. The van der Waals surface area contributed by atoms with E-state index in [1.165, 1.54) is 0 Å². The number of hydrogen-bond acceptors (Lipinski definition) is 5. The van der Waals surface area contributed by atoms with E-state index in [1.807, 2.05) is 50.3 Å². The van der Waals surface area contributed by atoms with Gasteiger partial charge in [0, 0.05) is 45.0 Å². The topological polar surface area (TPSA) is 73.4 Å². The molecule has 1 aliphatic carbocycles. The second kappa shape index (κ2) is 9.31. The zero-order valence-electron chi connectivity index (χ0n) is 17.4. The van der Waals surface area contributed by atoms with Crippen LogP contribution >= 0.6 is 11.6 Å². The molecule has 0 unspecified atom stereocenters. The monoisotopic (exact) mass is 416 g/mol. The maximum atomic E-state index is 12.6. The minimum atomic E-state index is -0.132. The Balaban J connectivity index is 1.51. The van der Waals surface area contributed by atoms with Crippen molar-refractivity contribution in [2.24, 2.45) is 0 Å². The number of halogens is 1. The molecule has 0 aliphatic heterocycles. The summed E-state index contributed by atoms with van der Waals surface area (Å²) in [6.07, 6.45) is 5.57. The van der Waals surface area contributed by atoms with Gasteiger partial charge in [-0.2, -0.15) is 4.98 Å². The number of hydrogen-bond donors (Lipinski definition) is 2. The number of para-hydroxylation sites is 1. The normalized spacial score (nSPS) is 18.8. The lowest BCUT2D eigenvalue weighted by Crippen LogP contribution is -2.45. The molecule has 2 N–H and O–H groups in total. The second-order valence-corrected chi connectivity index (χ2v) is 8.15. The first-order valence-electron chi connectivity index (χ1n) is 9.91. The van der Waals surface area contributed by atoms with Gasteiger partial charge >= 0.3 is 6.03 Å². The molecular formula is C21H29ClN6O. The van der Waals surface area contributed by atoms with Crippen LogP contribution in [0, 0.1) is 6.92 Å². The lowest BCUT2D eigenvalue weighted by Gasteiger charge is -2.31. The van der Waals surface area contributed by atoms with Gasteiger partial charge in [-0.3, -0.25) is 4.90 Å². The summed E-state index contributed by atoms with van der Waals surface area (Å²) >= 11 is 6.20. The average Bonchev–Trinajstić information content (AvgIpc) is 2.70. The molecule has 1 saturated carbocycles. The number of nitrogens with one attached hydrogen (secondary N) is 2. The first-order valence-corrected chi connectivity index (χ1v) is 10.3. The van der Waals surface area contributed by atoms with Gasteiger partial charge in [0.2, 0.25) is 5.95 Å². The summed E-state index contributed by atoms with van der Waals surface area (Å²) in [7, 11) is 5.69. The molecule has 0 spiro atoms. The van der Waals surface area contributed by atoms with Gasteiger partial charge in [-0.1, -0.05) is 23.7 Å². The van der Waals surface area contributed by atoms with Crippen LogP contribution in [-0.2, 0) is 0 Å². The van der Waals surface area contributed by atoms with Crippen LogP contribution < -0.4 is 20.4 Å². The lowest BCUT2D eigenvalue weighted by molar-refractivity contribution is 0.238. The zero-order valence-corrected chi connectivity index (χ0v) is 18.2. The summed E-state index contributed by atoms with van der Waals surface area (Å²) in [5.74, 6) is 1.58. The number of carbonyl (C=O) groups is 1. The first-order chi connectivity index (χ1) is 13.8. The van der Waals surface area contributed by atoms with Crippen LogP contribution in [0.1, 0.15) is 31.2 Å². The van der Waals surface area contributed by atoms with Gasteiger partial charge in [0.05, 0.1) is 10.7 Å². The summed E-state index contributed by atoms with van der Waals surface area (Å²) in [4.78, 5) is 25.2. The molecule has 0 bridgehead atoms. The Morgan fingerprint density at radius 2 is 1.76 bits per heavy atom. The van der Waals surface area contributed by atoms with Crippen LogP contribution in [0.3, 0.4) is 0 Å². The number of amides is 2. The smallest absolute Gasteiger partial charge is 0.321 e. The number of aryl methyl sites for hydroxylation is 1. The molecule has 2 amide bonds. The van der Waals surface area contributed by atoms with E-state index in [4.69, 9.17) is 11.6 Å². The SMILES string of the molecule is Cc1cnc(NC2CCC(NC(=O)N(C)c3ccccc3Cl)CC2)nc1N(C)C. The van der Waals surface area contributed by atoms with Gasteiger partial charge in [0.1, 0.15) is 5.82 Å². The molecule has 1 heterocycles. The molecule has 7 nitrogen and oxygen atoms in total. The third-order valence-electron chi connectivity index (χ3n) is 5.28. The zero-order chi connectivity index (χ0) is 21.0. The molecule has 1 aliphatic rings. The molecule has 2 aromatic rings. The van der Waals surface area contributed by atoms with Crippen LogP contribution in [0.2, 0.25) is 5.02 Å². The van der Waals surface area contributed by atoms with Crippen LogP contribution in [-0.4, -0.2) is 49.2 Å². The van der Waals surface area contributed by atoms with Crippen LogP contribution in [0.15, 0.2) is 30.5 Å². The fourth-order valence-electron chi connectivity index (χ4n) is 3.62. The van der Waals surface area contributed by atoms with Crippen LogP contribution in [0.25, 0.3) is 0 Å². The molecular weight excluding hydrogens is 388 g/mol. The van der Waals surface area contributed by atoms with Crippen molar-refractivity contribution in [2.45, 2.75) is 44.7 Å². The maximum Gasteiger partial charge on any atom is 0.321 e. The molecule has 0 saturated heterocycles. The van der Waals surface area contributed by atoms with E-state index in [-0.39, 0.29) is 12.1 Å². The summed E-state index contributed by atoms with van der Waals surface area (Å²) < 4.78 is 0. The fourth-order valence-corrected chi connectivity index (χ4v) is 3.89. The third kappa shape index (κ3) is 5.29. The van der Waals surface area contributed by atoms with Crippen molar-refractivity contribution in [3.63, 3.8) is 0 Å². The van der Waals surface area contributed by atoms with E-state index < -0.39 is 0 Å². The van der Waals surface area contributed by atoms with Crippen molar-refractivity contribution in [3.05, 3.63) is 41.0 Å². The Morgan fingerprint density at radius 3 is 2.41 bits per heavy atom. The Bertz CT molecular complexity index is 851. The largest absolute Gasteiger partial charge is 0.362 e. The van der Waals surface area contributed by atoms with Crippen molar-refractivity contribution >= 4 is 35.1 Å². The molecule has 1 fully saturated rings. The Labute approximate surface area is 177 Å². The van der Waals surface area contributed by atoms with E-state index in [0.29, 0.717) is 22.7 Å². The minimum absolute atomic E-state index is 0.132. The van der Waals surface area contributed by atoms with Gasteiger partial charge in [-0.25, -0.2) is 9.78 Å². The number of carbonyl (C=O) groups excluding carboxylic acids is 1.